The Morgan fingerprint density at radius 3 is 2.45 bits per heavy atom. The van der Waals surface area contributed by atoms with E-state index < -0.39 is 0 Å². The first-order valence-corrected chi connectivity index (χ1v) is 7.96. The van der Waals surface area contributed by atoms with Crippen molar-refractivity contribution < 1.29 is 9.47 Å². The number of methoxy groups -OCH3 is 1. The molecular weight excluding hydrogens is 248 g/mol. The van der Waals surface area contributed by atoms with E-state index in [0.29, 0.717) is 12.0 Å². The van der Waals surface area contributed by atoms with Gasteiger partial charge in [0, 0.05) is 7.11 Å². The largest absolute Gasteiger partial charge is 0.494 e. The molecule has 0 heterocycles. The van der Waals surface area contributed by atoms with E-state index in [0.717, 1.165) is 24.7 Å². The maximum absolute atomic E-state index is 5.82. The first-order valence-electron chi connectivity index (χ1n) is 7.96. The Kier molecular flexibility index (Phi) is 5.90. The minimum atomic E-state index is 0.461. The molecule has 0 saturated heterocycles. The van der Waals surface area contributed by atoms with Gasteiger partial charge in [-0.25, -0.2) is 0 Å². The molecule has 0 aliphatic heterocycles. The van der Waals surface area contributed by atoms with Crippen LogP contribution in [0.1, 0.15) is 44.6 Å². The lowest BCUT2D eigenvalue weighted by atomic mass is 9.68. The van der Waals surface area contributed by atoms with Gasteiger partial charge in [-0.1, -0.05) is 37.5 Å². The summed E-state index contributed by atoms with van der Waals surface area (Å²) in [6.45, 7) is 5.15. The Morgan fingerprint density at radius 1 is 1.10 bits per heavy atom. The molecule has 2 heteroatoms. The molecule has 0 aromatic heterocycles. The Labute approximate surface area is 123 Å². The van der Waals surface area contributed by atoms with Crippen LogP contribution in [0.2, 0.25) is 0 Å². The molecule has 2 rings (SSSR count). The number of aryl methyl sites for hydroxylation is 1. The summed E-state index contributed by atoms with van der Waals surface area (Å²) >= 11 is 0. The molecule has 2 nitrogen and oxygen atoms in total. The molecule has 0 spiro atoms. The fraction of sp³-hybridized carbons (Fsp3) is 0.667. The van der Waals surface area contributed by atoms with Crippen molar-refractivity contribution in [1.82, 2.24) is 0 Å². The van der Waals surface area contributed by atoms with E-state index in [1.54, 1.807) is 0 Å². The average Bonchev–Trinajstić information content (AvgIpc) is 2.43. The van der Waals surface area contributed by atoms with E-state index in [4.69, 9.17) is 9.47 Å². The first kappa shape index (κ1) is 15.4. The molecule has 0 unspecified atom stereocenters. The SMILES string of the molecule is CCCC[C@@H]1C[C@H](CCOc2ccc(C)cc2)[C@H]1OC. The van der Waals surface area contributed by atoms with Gasteiger partial charge in [0.15, 0.2) is 0 Å². The zero-order valence-electron chi connectivity index (χ0n) is 13.1. The Morgan fingerprint density at radius 2 is 1.80 bits per heavy atom. The molecule has 0 bridgehead atoms. The van der Waals surface area contributed by atoms with Gasteiger partial charge in [-0.05, 0) is 50.2 Å². The van der Waals surface area contributed by atoms with Gasteiger partial charge in [-0.3, -0.25) is 0 Å². The third kappa shape index (κ3) is 3.99. The Hall–Kier alpha value is -1.02. The van der Waals surface area contributed by atoms with Crippen LogP contribution in [0.15, 0.2) is 24.3 Å². The van der Waals surface area contributed by atoms with E-state index in [1.165, 1.54) is 31.2 Å². The van der Waals surface area contributed by atoms with Crippen molar-refractivity contribution >= 4 is 0 Å². The fourth-order valence-electron chi connectivity index (χ4n) is 3.22. The summed E-state index contributed by atoms with van der Waals surface area (Å²) in [6.07, 6.45) is 6.82. The van der Waals surface area contributed by atoms with Crippen molar-refractivity contribution in [1.29, 1.82) is 0 Å². The highest BCUT2D eigenvalue weighted by Crippen LogP contribution is 2.41. The van der Waals surface area contributed by atoms with Crippen LogP contribution in [0.5, 0.6) is 5.75 Å². The molecule has 20 heavy (non-hydrogen) atoms. The molecule has 1 aliphatic rings. The van der Waals surface area contributed by atoms with E-state index in [2.05, 4.69) is 26.0 Å². The van der Waals surface area contributed by atoms with Crippen molar-refractivity contribution in [2.75, 3.05) is 13.7 Å². The highest BCUT2D eigenvalue weighted by Gasteiger charge is 2.40. The predicted octanol–water partition coefficient (Wildman–Crippen LogP) is 4.61. The van der Waals surface area contributed by atoms with Gasteiger partial charge >= 0.3 is 0 Å². The minimum Gasteiger partial charge on any atom is -0.494 e. The van der Waals surface area contributed by atoms with E-state index in [9.17, 15) is 0 Å². The second kappa shape index (κ2) is 7.68. The van der Waals surface area contributed by atoms with Gasteiger partial charge < -0.3 is 9.47 Å². The Balaban J connectivity index is 1.68. The molecule has 1 fully saturated rings. The predicted molar refractivity (Wildman–Crippen MR) is 83.2 cm³/mol. The van der Waals surface area contributed by atoms with E-state index in [-0.39, 0.29) is 0 Å². The Bertz CT molecular complexity index is 385. The number of ether oxygens (including phenoxy) is 2. The zero-order valence-corrected chi connectivity index (χ0v) is 13.1. The highest BCUT2D eigenvalue weighted by molar-refractivity contribution is 5.26. The summed E-state index contributed by atoms with van der Waals surface area (Å²) in [5, 5.41) is 0. The summed E-state index contributed by atoms with van der Waals surface area (Å²) < 4.78 is 11.5. The molecule has 0 amide bonds. The molecule has 1 aromatic carbocycles. The summed E-state index contributed by atoms with van der Waals surface area (Å²) in [4.78, 5) is 0. The number of unbranched alkanes of at least 4 members (excludes halogenated alkanes) is 1. The van der Waals surface area contributed by atoms with Crippen LogP contribution in [0.25, 0.3) is 0 Å². The van der Waals surface area contributed by atoms with Gasteiger partial charge in [0.2, 0.25) is 0 Å². The smallest absolute Gasteiger partial charge is 0.119 e. The van der Waals surface area contributed by atoms with Gasteiger partial charge in [0.05, 0.1) is 12.7 Å². The van der Waals surface area contributed by atoms with Crippen molar-refractivity contribution in [2.45, 2.75) is 52.1 Å². The van der Waals surface area contributed by atoms with Crippen LogP contribution in [0.4, 0.5) is 0 Å². The molecule has 112 valence electrons. The monoisotopic (exact) mass is 276 g/mol. The second-order valence-electron chi connectivity index (χ2n) is 6.05. The average molecular weight is 276 g/mol. The lowest BCUT2D eigenvalue weighted by Gasteiger charge is -2.44. The quantitative estimate of drug-likeness (QED) is 0.690. The first-order chi connectivity index (χ1) is 9.74. The van der Waals surface area contributed by atoms with Crippen molar-refractivity contribution in [3.05, 3.63) is 29.8 Å². The summed E-state index contributed by atoms with van der Waals surface area (Å²) in [6, 6.07) is 8.29. The van der Waals surface area contributed by atoms with Crippen molar-refractivity contribution in [3.8, 4) is 5.75 Å². The standard InChI is InChI=1S/C18H28O2/c1-4-5-6-15-13-16(18(15)19-3)11-12-20-17-9-7-14(2)8-10-17/h7-10,15-16,18H,4-6,11-13H2,1-3H3/t15-,16+,18+/m1/s1. The maximum Gasteiger partial charge on any atom is 0.119 e. The third-order valence-corrected chi connectivity index (χ3v) is 4.51. The van der Waals surface area contributed by atoms with Gasteiger partial charge in [0.1, 0.15) is 5.75 Å². The van der Waals surface area contributed by atoms with Crippen LogP contribution in [-0.2, 0) is 4.74 Å². The molecule has 1 aliphatic carbocycles. The van der Waals surface area contributed by atoms with Crippen molar-refractivity contribution in [2.24, 2.45) is 11.8 Å². The second-order valence-corrected chi connectivity index (χ2v) is 6.05. The molecule has 1 aromatic rings. The van der Waals surface area contributed by atoms with Crippen molar-refractivity contribution in [3.63, 3.8) is 0 Å². The fourth-order valence-corrected chi connectivity index (χ4v) is 3.22. The van der Waals surface area contributed by atoms with E-state index >= 15 is 0 Å². The zero-order chi connectivity index (χ0) is 14.4. The lowest BCUT2D eigenvalue weighted by Crippen LogP contribution is -2.44. The molecule has 1 saturated carbocycles. The van der Waals surface area contributed by atoms with Crippen LogP contribution >= 0.6 is 0 Å². The lowest BCUT2D eigenvalue weighted by molar-refractivity contribution is -0.0816. The third-order valence-electron chi connectivity index (χ3n) is 4.51. The molecule has 0 N–H and O–H groups in total. The van der Waals surface area contributed by atoms with Crippen LogP contribution in [0.3, 0.4) is 0 Å². The number of hydrogen-bond donors (Lipinski definition) is 0. The summed E-state index contributed by atoms with van der Waals surface area (Å²) in [5.41, 5.74) is 1.27. The highest BCUT2D eigenvalue weighted by atomic mass is 16.5. The number of rotatable bonds is 8. The summed E-state index contributed by atoms with van der Waals surface area (Å²) in [7, 11) is 1.86. The van der Waals surface area contributed by atoms with Crippen LogP contribution < -0.4 is 4.74 Å². The van der Waals surface area contributed by atoms with Gasteiger partial charge in [-0.15, -0.1) is 0 Å². The molecule has 3 atom stereocenters. The van der Waals surface area contributed by atoms with Crippen LogP contribution in [-0.4, -0.2) is 19.8 Å². The maximum atomic E-state index is 5.82. The molecular formula is C18H28O2. The van der Waals surface area contributed by atoms with Gasteiger partial charge in [0.25, 0.3) is 0 Å². The molecule has 0 radical (unpaired) electrons. The van der Waals surface area contributed by atoms with E-state index in [1.807, 2.05) is 19.2 Å². The summed E-state index contributed by atoms with van der Waals surface area (Å²) in [5.74, 6) is 2.45. The normalized spacial score (nSPS) is 25.2. The minimum absolute atomic E-state index is 0.461. The van der Waals surface area contributed by atoms with Gasteiger partial charge in [-0.2, -0.15) is 0 Å². The van der Waals surface area contributed by atoms with Crippen LogP contribution in [0, 0.1) is 18.8 Å². The number of benzene rings is 1. The number of hydrogen-bond acceptors (Lipinski definition) is 2. The topological polar surface area (TPSA) is 18.5 Å².